The molecular formula is C21H21FN8O. The number of rotatable bonds is 4. The average molecular weight is 420 g/mol. The normalized spacial score (nSPS) is 16.6. The molecular weight excluding hydrogens is 399 g/mol. The van der Waals surface area contributed by atoms with Crippen molar-refractivity contribution in [2.24, 2.45) is 0 Å². The minimum Gasteiger partial charge on any atom is -0.365 e. The van der Waals surface area contributed by atoms with Crippen molar-refractivity contribution in [2.45, 2.75) is 25.8 Å². The standard InChI is InChI=1S/C21H21FN8O/c1-14(31)30-10-7-20(27-30)28-9-2-3-16(13-28)25-18-6-8-23-21(26-18)17-11-24-19-5-4-15(22)12-29(17)19/h4-8,10-12,16H,2-3,9,13H2,1H3,(H,23,25,26)/t16-/m1/s1. The van der Waals surface area contributed by atoms with E-state index in [1.165, 1.54) is 23.9 Å². The molecule has 0 spiro atoms. The Morgan fingerprint density at radius 1 is 1.23 bits per heavy atom. The van der Waals surface area contributed by atoms with Crippen molar-refractivity contribution >= 4 is 23.2 Å². The van der Waals surface area contributed by atoms with Gasteiger partial charge in [-0.2, -0.15) is 0 Å². The summed E-state index contributed by atoms with van der Waals surface area (Å²) in [6, 6.07) is 6.83. The van der Waals surface area contributed by atoms with Gasteiger partial charge in [-0.3, -0.25) is 9.20 Å². The first-order valence-electron chi connectivity index (χ1n) is 10.1. The van der Waals surface area contributed by atoms with Crippen LogP contribution in [0.5, 0.6) is 0 Å². The van der Waals surface area contributed by atoms with E-state index in [0.717, 1.165) is 31.7 Å². The van der Waals surface area contributed by atoms with Gasteiger partial charge in [0.2, 0.25) is 5.91 Å². The van der Waals surface area contributed by atoms with Crippen LogP contribution < -0.4 is 10.2 Å². The smallest absolute Gasteiger partial charge is 0.243 e. The molecule has 1 N–H and O–H groups in total. The Labute approximate surface area is 177 Å². The number of aromatic nitrogens is 6. The van der Waals surface area contributed by atoms with Crippen LogP contribution in [0.25, 0.3) is 17.2 Å². The van der Waals surface area contributed by atoms with Gasteiger partial charge in [0.25, 0.3) is 0 Å². The summed E-state index contributed by atoms with van der Waals surface area (Å²) in [5.74, 6) is 1.49. The molecule has 10 heteroatoms. The molecule has 0 saturated carbocycles. The molecule has 0 aliphatic carbocycles. The maximum absolute atomic E-state index is 13.7. The average Bonchev–Trinajstić information content (AvgIpc) is 3.42. The van der Waals surface area contributed by atoms with Crippen LogP contribution in [0.1, 0.15) is 24.6 Å². The van der Waals surface area contributed by atoms with Gasteiger partial charge < -0.3 is 10.2 Å². The second-order valence-electron chi connectivity index (χ2n) is 7.55. The first kappa shape index (κ1) is 19.2. The summed E-state index contributed by atoms with van der Waals surface area (Å²) in [5.41, 5.74) is 1.25. The molecule has 0 unspecified atom stereocenters. The number of nitrogens with one attached hydrogen (secondary N) is 1. The molecule has 4 aromatic heterocycles. The molecule has 1 saturated heterocycles. The van der Waals surface area contributed by atoms with Crippen LogP contribution in [0.4, 0.5) is 16.0 Å². The molecule has 9 nitrogen and oxygen atoms in total. The van der Waals surface area contributed by atoms with Crippen molar-refractivity contribution in [1.82, 2.24) is 29.1 Å². The Bertz CT molecular complexity index is 1250. The molecule has 31 heavy (non-hydrogen) atoms. The molecule has 0 bridgehead atoms. The Morgan fingerprint density at radius 3 is 2.97 bits per heavy atom. The van der Waals surface area contributed by atoms with E-state index < -0.39 is 0 Å². The van der Waals surface area contributed by atoms with E-state index in [2.05, 4.69) is 30.3 Å². The lowest BCUT2D eigenvalue weighted by atomic mass is 10.1. The van der Waals surface area contributed by atoms with E-state index in [0.29, 0.717) is 23.0 Å². The number of hydrogen-bond acceptors (Lipinski definition) is 7. The van der Waals surface area contributed by atoms with E-state index in [9.17, 15) is 9.18 Å². The van der Waals surface area contributed by atoms with Crippen LogP contribution in [-0.4, -0.2) is 54.2 Å². The van der Waals surface area contributed by atoms with E-state index in [1.807, 2.05) is 12.1 Å². The minimum atomic E-state index is -0.351. The topological polar surface area (TPSA) is 93.2 Å². The zero-order valence-electron chi connectivity index (χ0n) is 16.9. The van der Waals surface area contributed by atoms with E-state index in [4.69, 9.17) is 0 Å². The number of carbonyl (C=O) groups excluding carboxylic acids is 1. The molecule has 0 amide bonds. The highest BCUT2D eigenvalue weighted by Gasteiger charge is 2.22. The van der Waals surface area contributed by atoms with Gasteiger partial charge in [-0.1, -0.05) is 0 Å². The second kappa shape index (κ2) is 7.78. The maximum Gasteiger partial charge on any atom is 0.243 e. The van der Waals surface area contributed by atoms with Crippen molar-refractivity contribution in [1.29, 1.82) is 0 Å². The number of pyridine rings is 1. The third-order valence-corrected chi connectivity index (χ3v) is 5.35. The van der Waals surface area contributed by atoms with Gasteiger partial charge in [0.1, 0.15) is 23.0 Å². The van der Waals surface area contributed by atoms with Crippen LogP contribution in [0.15, 0.2) is 49.1 Å². The number of anilines is 2. The summed E-state index contributed by atoms with van der Waals surface area (Å²) in [5, 5.41) is 7.83. The predicted molar refractivity (Wildman–Crippen MR) is 114 cm³/mol. The van der Waals surface area contributed by atoms with Crippen molar-refractivity contribution in [3.63, 3.8) is 0 Å². The molecule has 5 heterocycles. The summed E-state index contributed by atoms with van der Waals surface area (Å²) >= 11 is 0. The van der Waals surface area contributed by atoms with Gasteiger partial charge in [-0.15, -0.1) is 5.10 Å². The van der Waals surface area contributed by atoms with Crippen molar-refractivity contribution in [3.8, 4) is 11.5 Å². The fourth-order valence-electron chi connectivity index (χ4n) is 3.85. The second-order valence-corrected chi connectivity index (χ2v) is 7.55. The Balaban J connectivity index is 1.34. The molecule has 0 radical (unpaired) electrons. The lowest BCUT2D eigenvalue weighted by Gasteiger charge is -2.33. The van der Waals surface area contributed by atoms with Crippen LogP contribution in [0.3, 0.4) is 0 Å². The third-order valence-electron chi connectivity index (χ3n) is 5.35. The third kappa shape index (κ3) is 3.83. The summed E-state index contributed by atoms with van der Waals surface area (Å²) in [6.07, 6.45) is 8.36. The zero-order chi connectivity index (χ0) is 21.4. The molecule has 158 valence electrons. The van der Waals surface area contributed by atoms with Gasteiger partial charge in [-0.05, 0) is 31.0 Å². The van der Waals surface area contributed by atoms with Gasteiger partial charge in [-0.25, -0.2) is 24.0 Å². The SMILES string of the molecule is CC(=O)n1ccc(N2CCC[C@@H](Nc3ccnc(-c4cnc5ccc(F)cn45)n3)C2)n1. The summed E-state index contributed by atoms with van der Waals surface area (Å²) < 4.78 is 16.7. The fourth-order valence-corrected chi connectivity index (χ4v) is 3.85. The first-order chi connectivity index (χ1) is 15.1. The van der Waals surface area contributed by atoms with Gasteiger partial charge >= 0.3 is 0 Å². The highest BCUT2D eigenvalue weighted by Crippen LogP contribution is 2.22. The Morgan fingerprint density at radius 2 is 2.13 bits per heavy atom. The lowest BCUT2D eigenvalue weighted by Crippen LogP contribution is -2.42. The first-order valence-corrected chi connectivity index (χ1v) is 10.1. The number of halogens is 1. The van der Waals surface area contributed by atoms with Crippen LogP contribution in [-0.2, 0) is 0 Å². The molecule has 1 aliphatic rings. The zero-order valence-corrected chi connectivity index (χ0v) is 16.9. The molecule has 4 aromatic rings. The number of imidazole rings is 1. The van der Waals surface area contributed by atoms with Crippen LogP contribution >= 0.6 is 0 Å². The van der Waals surface area contributed by atoms with Crippen molar-refractivity contribution in [3.05, 3.63) is 54.9 Å². The van der Waals surface area contributed by atoms with Crippen molar-refractivity contribution in [2.75, 3.05) is 23.3 Å². The molecule has 5 rings (SSSR count). The Hall–Kier alpha value is -3.82. The fraction of sp³-hybridized carbons (Fsp3) is 0.286. The summed E-state index contributed by atoms with van der Waals surface area (Å²) in [7, 11) is 0. The number of carbonyl (C=O) groups is 1. The molecule has 0 aromatic carbocycles. The predicted octanol–water partition coefficient (Wildman–Crippen LogP) is 2.87. The van der Waals surface area contributed by atoms with Gasteiger partial charge in [0.15, 0.2) is 11.6 Å². The number of piperidine rings is 1. The van der Waals surface area contributed by atoms with Crippen molar-refractivity contribution < 1.29 is 9.18 Å². The Kier molecular flexibility index (Phi) is 4.81. The van der Waals surface area contributed by atoms with E-state index in [-0.39, 0.29) is 17.8 Å². The highest BCUT2D eigenvalue weighted by atomic mass is 19.1. The van der Waals surface area contributed by atoms with Gasteiger partial charge in [0.05, 0.1) is 6.20 Å². The molecule has 1 atom stereocenters. The minimum absolute atomic E-state index is 0.112. The number of fused-ring (bicyclic) bond motifs is 1. The van der Waals surface area contributed by atoms with Crippen LogP contribution in [0.2, 0.25) is 0 Å². The monoisotopic (exact) mass is 420 g/mol. The van der Waals surface area contributed by atoms with E-state index >= 15 is 0 Å². The summed E-state index contributed by atoms with van der Waals surface area (Å²) in [4.78, 5) is 26.9. The molecule has 1 aliphatic heterocycles. The van der Waals surface area contributed by atoms with Gasteiger partial charge in [0, 0.05) is 50.7 Å². The number of hydrogen-bond donors (Lipinski definition) is 1. The summed E-state index contributed by atoms with van der Waals surface area (Å²) in [6.45, 7) is 3.12. The molecule has 1 fully saturated rings. The largest absolute Gasteiger partial charge is 0.365 e. The van der Waals surface area contributed by atoms with Crippen LogP contribution in [0, 0.1) is 5.82 Å². The quantitative estimate of drug-likeness (QED) is 0.543. The van der Waals surface area contributed by atoms with E-state index in [1.54, 1.807) is 29.1 Å². The highest BCUT2D eigenvalue weighted by molar-refractivity contribution is 5.75. The number of nitrogens with zero attached hydrogens (tertiary/aromatic N) is 7. The lowest BCUT2D eigenvalue weighted by molar-refractivity contribution is 0.0921. The maximum atomic E-state index is 13.7.